The van der Waals surface area contributed by atoms with Crippen molar-refractivity contribution >= 4 is 51.3 Å². The number of hydrogen-bond acceptors (Lipinski definition) is 7. The SMILES string of the molecule is CCCNCCn1c(Sc2cc(OC)ccc2I)nc2c(N)ncnc21. The lowest BCUT2D eigenvalue weighted by Gasteiger charge is -2.10. The lowest BCUT2D eigenvalue weighted by Crippen LogP contribution is -2.21. The van der Waals surface area contributed by atoms with Crippen molar-refractivity contribution in [3.05, 3.63) is 28.1 Å². The summed E-state index contributed by atoms with van der Waals surface area (Å²) >= 11 is 3.90. The van der Waals surface area contributed by atoms with Gasteiger partial charge in [0.05, 0.1) is 7.11 Å². The molecule has 0 atom stereocenters. The van der Waals surface area contributed by atoms with Crippen molar-refractivity contribution in [2.75, 3.05) is 25.9 Å². The number of rotatable bonds is 8. The van der Waals surface area contributed by atoms with Crippen molar-refractivity contribution in [3.63, 3.8) is 0 Å². The maximum Gasteiger partial charge on any atom is 0.175 e. The third kappa shape index (κ3) is 4.21. The molecule has 0 bridgehead atoms. The second-order valence-corrected chi connectivity index (χ2v) is 7.80. The number of ether oxygens (including phenoxy) is 1. The van der Waals surface area contributed by atoms with E-state index in [0.717, 1.165) is 51.1 Å². The summed E-state index contributed by atoms with van der Waals surface area (Å²) in [4.78, 5) is 14.3. The van der Waals surface area contributed by atoms with Gasteiger partial charge < -0.3 is 20.4 Å². The lowest BCUT2D eigenvalue weighted by molar-refractivity contribution is 0.413. The van der Waals surface area contributed by atoms with Gasteiger partial charge in [0.15, 0.2) is 22.1 Å². The zero-order valence-corrected chi connectivity index (χ0v) is 17.7. The van der Waals surface area contributed by atoms with Crippen molar-refractivity contribution < 1.29 is 4.74 Å². The molecule has 2 aromatic heterocycles. The molecule has 0 aliphatic heterocycles. The van der Waals surface area contributed by atoms with Crippen molar-refractivity contribution in [3.8, 4) is 5.75 Å². The zero-order valence-electron chi connectivity index (χ0n) is 14.7. The minimum Gasteiger partial charge on any atom is -0.497 e. The first-order valence-corrected chi connectivity index (χ1v) is 10.2. The molecule has 3 rings (SSSR count). The highest BCUT2D eigenvalue weighted by molar-refractivity contribution is 14.1. The Morgan fingerprint density at radius 3 is 2.92 bits per heavy atom. The molecule has 1 aromatic carbocycles. The summed E-state index contributed by atoms with van der Waals surface area (Å²) in [5.74, 6) is 1.22. The van der Waals surface area contributed by atoms with Gasteiger partial charge in [-0.2, -0.15) is 0 Å². The van der Waals surface area contributed by atoms with Crippen LogP contribution in [0.25, 0.3) is 11.2 Å². The van der Waals surface area contributed by atoms with Gasteiger partial charge in [-0.05, 0) is 53.8 Å². The van der Waals surface area contributed by atoms with E-state index in [9.17, 15) is 0 Å². The van der Waals surface area contributed by atoms with Crippen LogP contribution in [0.2, 0.25) is 0 Å². The van der Waals surface area contributed by atoms with Gasteiger partial charge in [0.25, 0.3) is 0 Å². The van der Waals surface area contributed by atoms with Crippen LogP contribution >= 0.6 is 34.4 Å². The summed E-state index contributed by atoms with van der Waals surface area (Å²) in [7, 11) is 1.67. The summed E-state index contributed by atoms with van der Waals surface area (Å²) in [6.07, 6.45) is 2.59. The summed E-state index contributed by atoms with van der Waals surface area (Å²) in [6.45, 7) is 4.74. The molecule has 26 heavy (non-hydrogen) atoms. The van der Waals surface area contributed by atoms with Crippen molar-refractivity contribution in [1.29, 1.82) is 0 Å². The molecule has 3 N–H and O–H groups in total. The molecule has 0 saturated carbocycles. The minimum absolute atomic E-state index is 0.400. The number of benzene rings is 1. The number of methoxy groups -OCH3 is 1. The van der Waals surface area contributed by atoms with E-state index in [1.807, 2.05) is 18.2 Å². The molecular weight excluding hydrogens is 463 g/mol. The number of nitrogens with one attached hydrogen (secondary N) is 1. The molecule has 0 saturated heterocycles. The second kappa shape index (κ2) is 8.87. The molecule has 2 heterocycles. The monoisotopic (exact) mass is 484 g/mol. The largest absolute Gasteiger partial charge is 0.497 e. The first-order chi connectivity index (χ1) is 12.6. The van der Waals surface area contributed by atoms with Crippen molar-refractivity contribution in [2.24, 2.45) is 0 Å². The topological polar surface area (TPSA) is 90.9 Å². The first kappa shape index (κ1) is 19.2. The van der Waals surface area contributed by atoms with Gasteiger partial charge in [-0.25, -0.2) is 15.0 Å². The normalized spacial score (nSPS) is 11.2. The number of imidazole rings is 1. The predicted molar refractivity (Wildman–Crippen MR) is 113 cm³/mol. The molecular formula is C17H21IN6OS. The molecule has 0 amide bonds. The van der Waals surface area contributed by atoms with E-state index >= 15 is 0 Å². The standard InChI is InChI=1S/C17H21IN6OS/c1-3-6-20-7-8-24-16-14(15(19)21-10-22-16)23-17(24)26-13-9-11(25-2)4-5-12(13)18/h4-5,9-10,20H,3,6-8H2,1-2H3,(H2,19,21,22). The average Bonchev–Trinajstić information content (AvgIpc) is 2.99. The smallest absolute Gasteiger partial charge is 0.175 e. The van der Waals surface area contributed by atoms with Crippen LogP contribution in [-0.2, 0) is 6.54 Å². The molecule has 0 unspecified atom stereocenters. The molecule has 9 heteroatoms. The van der Waals surface area contributed by atoms with E-state index in [1.165, 1.54) is 6.33 Å². The number of aromatic nitrogens is 4. The number of fused-ring (bicyclic) bond motifs is 1. The third-order valence-electron chi connectivity index (χ3n) is 3.80. The molecule has 0 aliphatic rings. The van der Waals surface area contributed by atoms with E-state index in [4.69, 9.17) is 15.5 Å². The highest BCUT2D eigenvalue weighted by Crippen LogP contribution is 2.35. The Balaban J connectivity index is 1.97. The van der Waals surface area contributed by atoms with Gasteiger partial charge >= 0.3 is 0 Å². The Kier molecular flexibility index (Phi) is 6.54. The quantitative estimate of drug-likeness (QED) is 0.375. The number of anilines is 1. The summed E-state index contributed by atoms with van der Waals surface area (Å²) < 4.78 is 8.58. The van der Waals surface area contributed by atoms with Crippen LogP contribution in [-0.4, -0.2) is 39.7 Å². The summed E-state index contributed by atoms with van der Waals surface area (Å²) in [6, 6.07) is 6.00. The van der Waals surface area contributed by atoms with E-state index in [1.54, 1.807) is 18.9 Å². The molecule has 0 fully saturated rings. The average molecular weight is 484 g/mol. The maximum absolute atomic E-state index is 6.01. The number of hydrogen-bond donors (Lipinski definition) is 2. The fourth-order valence-corrected chi connectivity index (χ4v) is 4.12. The van der Waals surface area contributed by atoms with Gasteiger partial charge in [0.1, 0.15) is 12.1 Å². The number of halogens is 1. The van der Waals surface area contributed by atoms with Crippen LogP contribution in [0.15, 0.2) is 34.6 Å². The fraction of sp³-hybridized carbons (Fsp3) is 0.353. The number of nitrogen functional groups attached to an aromatic ring is 1. The van der Waals surface area contributed by atoms with Crippen LogP contribution in [0.1, 0.15) is 13.3 Å². The van der Waals surface area contributed by atoms with Crippen LogP contribution in [0.4, 0.5) is 5.82 Å². The van der Waals surface area contributed by atoms with Gasteiger partial charge in [0, 0.05) is 21.6 Å². The second-order valence-electron chi connectivity index (χ2n) is 5.63. The zero-order chi connectivity index (χ0) is 18.5. The van der Waals surface area contributed by atoms with E-state index < -0.39 is 0 Å². The summed E-state index contributed by atoms with van der Waals surface area (Å²) in [5.41, 5.74) is 7.41. The predicted octanol–water partition coefficient (Wildman–Crippen LogP) is 3.17. The molecule has 7 nitrogen and oxygen atoms in total. The van der Waals surface area contributed by atoms with Gasteiger partial charge in [0.2, 0.25) is 0 Å². The number of nitrogens with zero attached hydrogens (tertiary/aromatic N) is 4. The Morgan fingerprint density at radius 2 is 2.15 bits per heavy atom. The Bertz CT molecular complexity index is 900. The van der Waals surface area contributed by atoms with Crippen molar-refractivity contribution in [2.45, 2.75) is 29.9 Å². The van der Waals surface area contributed by atoms with Gasteiger partial charge in [-0.1, -0.05) is 18.7 Å². The Labute approximate surface area is 170 Å². The Hall–Kier alpha value is -1.59. The van der Waals surface area contributed by atoms with Crippen LogP contribution in [0, 0.1) is 3.57 Å². The van der Waals surface area contributed by atoms with Crippen LogP contribution in [0.3, 0.4) is 0 Å². The molecule has 0 spiro atoms. The highest BCUT2D eigenvalue weighted by Gasteiger charge is 2.17. The van der Waals surface area contributed by atoms with Crippen molar-refractivity contribution in [1.82, 2.24) is 24.8 Å². The minimum atomic E-state index is 0.400. The Morgan fingerprint density at radius 1 is 1.31 bits per heavy atom. The van der Waals surface area contributed by atoms with Gasteiger partial charge in [-0.15, -0.1) is 0 Å². The lowest BCUT2D eigenvalue weighted by atomic mass is 10.3. The van der Waals surface area contributed by atoms with E-state index in [2.05, 4.69) is 49.4 Å². The van der Waals surface area contributed by atoms with E-state index in [0.29, 0.717) is 11.3 Å². The highest BCUT2D eigenvalue weighted by atomic mass is 127. The molecule has 0 radical (unpaired) electrons. The maximum atomic E-state index is 6.01. The third-order valence-corrected chi connectivity index (χ3v) is 6.16. The molecule has 0 aliphatic carbocycles. The molecule has 3 aromatic rings. The van der Waals surface area contributed by atoms with E-state index in [-0.39, 0.29) is 0 Å². The van der Waals surface area contributed by atoms with Crippen LogP contribution < -0.4 is 15.8 Å². The first-order valence-electron chi connectivity index (χ1n) is 8.32. The number of nitrogens with two attached hydrogens (primary N) is 1. The fourth-order valence-electron chi connectivity index (χ4n) is 2.49. The molecule has 138 valence electrons. The van der Waals surface area contributed by atoms with Gasteiger partial charge in [-0.3, -0.25) is 0 Å². The van der Waals surface area contributed by atoms with Crippen LogP contribution in [0.5, 0.6) is 5.75 Å². The summed E-state index contributed by atoms with van der Waals surface area (Å²) in [5, 5.41) is 4.26.